The quantitative estimate of drug-likeness (QED) is 0.443. The summed E-state index contributed by atoms with van der Waals surface area (Å²) in [6, 6.07) is 31.1. The molecule has 142 valence electrons. The van der Waals surface area contributed by atoms with Crippen LogP contribution in [0.1, 0.15) is 23.1 Å². The van der Waals surface area contributed by atoms with Crippen molar-refractivity contribution in [3.05, 3.63) is 108 Å². The lowest BCUT2D eigenvalue weighted by molar-refractivity contribution is -0.450. The van der Waals surface area contributed by atoms with Gasteiger partial charge in [0.25, 0.3) is 0 Å². The lowest BCUT2D eigenvalue weighted by atomic mass is 9.67. The molecule has 3 aromatic rings. The van der Waals surface area contributed by atoms with Gasteiger partial charge >= 0.3 is 0 Å². The molecule has 0 unspecified atom stereocenters. The summed E-state index contributed by atoms with van der Waals surface area (Å²) in [5.41, 5.74) is 2.92. The fourth-order valence-electron chi connectivity index (χ4n) is 3.62. The Labute approximate surface area is 170 Å². The lowest BCUT2D eigenvalue weighted by Crippen LogP contribution is -2.34. The van der Waals surface area contributed by atoms with E-state index in [1.807, 2.05) is 54.6 Å². The highest BCUT2D eigenvalue weighted by Gasteiger charge is 2.38. The van der Waals surface area contributed by atoms with Gasteiger partial charge in [-0.25, -0.2) is 9.68 Å². The maximum absolute atomic E-state index is 5.65. The summed E-state index contributed by atoms with van der Waals surface area (Å²) in [4.78, 5) is 16.2. The Morgan fingerprint density at radius 2 is 1.14 bits per heavy atom. The molecular weight excluding hydrogens is 370 g/mol. The number of rotatable bonds is 6. The summed E-state index contributed by atoms with van der Waals surface area (Å²) < 4.78 is 0. The molecule has 0 saturated carbocycles. The van der Waals surface area contributed by atoms with Gasteiger partial charge in [-0.05, 0) is 28.9 Å². The minimum Gasteiger partial charge on any atom is -0.350 e. The smallest absolute Gasteiger partial charge is 0.194 e. The molecule has 0 aromatic heterocycles. The standard InChI is InChI=1S/C23H21NO3S/c28-22(27-24-25-16-17-26-24)18-23(19-10-4-1-5-11-19,20-12-6-2-7-13-20)21-14-8-3-9-15-21/h1-15H,16-18H2. The summed E-state index contributed by atoms with van der Waals surface area (Å²) in [5.74, 6) is 0. The van der Waals surface area contributed by atoms with Gasteiger partial charge in [0.2, 0.25) is 0 Å². The van der Waals surface area contributed by atoms with Gasteiger partial charge in [-0.2, -0.15) is 0 Å². The molecule has 0 aliphatic carbocycles. The van der Waals surface area contributed by atoms with E-state index in [1.165, 1.54) is 0 Å². The second-order valence-electron chi connectivity index (χ2n) is 6.53. The molecule has 28 heavy (non-hydrogen) atoms. The molecule has 3 aromatic carbocycles. The molecule has 4 nitrogen and oxygen atoms in total. The van der Waals surface area contributed by atoms with Crippen LogP contribution in [0.25, 0.3) is 0 Å². The highest BCUT2D eigenvalue weighted by Crippen LogP contribution is 2.42. The average Bonchev–Trinajstić information content (AvgIpc) is 3.27. The van der Waals surface area contributed by atoms with Crippen LogP contribution in [0.15, 0.2) is 91.0 Å². The number of hydrogen-bond donors (Lipinski definition) is 0. The molecule has 1 aliphatic rings. The van der Waals surface area contributed by atoms with Crippen molar-refractivity contribution < 1.29 is 14.5 Å². The maximum atomic E-state index is 5.65. The summed E-state index contributed by atoms with van der Waals surface area (Å²) in [6.07, 6.45) is 0.462. The largest absolute Gasteiger partial charge is 0.350 e. The SMILES string of the molecule is S=C(CC(c1ccccc1)(c1ccccc1)c1ccccc1)ON1OCCO1. The maximum Gasteiger partial charge on any atom is 0.194 e. The Morgan fingerprint density at radius 3 is 1.54 bits per heavy atom. The summed E-state index contributed by atoms with van der Waals surface area (Å²) in [6.45, 7) is 0.896. The van der Waals surface area contributed by atoms with Gasteiger partial charge in [-0.3, -0.25) is 0 Å². The third kappa shape index (κ3) is 3.84. The zero-order valence-corrected chi connectivity index (χ0v) is 16.2. The number of thiocarbonyl (C=S) groups is 1. The summed E-state index contributed by atoms with van der Waals surface area (Å²) in [5, 5.41) is 1.40. The number of nitrogens with zero attached hydrogens (tertiary/aromatic N) is 1. The topological polar surface area (TPSA) is 30.9 Å². The third-order valence-electron chi connectivity index (χ3n) is 4.86. The molecule has 0 atom stereocenters. The first kappa shape index (κ1) is 18.8. The van der Waals surface area contributed by atoms with Gasteiger partial charge in [0.05, 0.1) is 5.41 Å². The minimum absolute atomic E-state index is 0.387. The van der Waals surface area contributed by atoms with E-state index in [-0.39, 0.29) is 0 Å². The van der Waals surface area contributed by atoms with E-state index in [1.54, 1.807) is 0 Å². The Balaban J connectivity index is 1.82. The van der Waals surface area contributed by atoms with Crippen LogP contribution in [0, 0.1) is 0 Å². The van der Waals surface area contributed by atoms with Gasteiger partial charge in [-0.15, -0.1) is 0 Å². The van der Waals surface area contributed by atoms with E-state index in [0.29, 0.717) is 24.7 Å². The Morgan fingerprint density at radius 1 is 0.750 bits per heavy atom. The average molecular weight is 391 g/mol. The number of benzene rings is 3. The zero-order chi connectivity index (χ0) is 19.2. The van der Waals surface area contributed by atoms with Crippen molar-refractivity contribution in [1.82, 2.24) is 5.39 Å². The normalized spacial score (nSPS) is 14.7. The lowest BCUT2D eigenvalue weighted by Gasteiger charge is -2.36. The van der Waals surface area contributed by atoms with Crippen molar-refractivity contribution in [3.8, 4) is 0 Å². The Kier molecular flexibility index (Phi) is 5.78. The van der Waals surface area contributed by atoms with Crippen molar-refractivity contribution in [2.24, 2.45) is 0 Å². The molecule has 1 fully saturated rings. The van der Waals surface area contributed by atoms with E-state index < -0.39 is 5.41 Å². The summed E-state index contributed by atoms with van der Waals surface area (Å²) in [7, 11) is 0. The van der Waals surface area contributed by atoms with Crippen LogP contribution in [0.2, 0.25) is 0 Å². The molecular formula is C23H21NO3S. The molecule has 1 heterocycles. The molecule has 5 heteroatoms. The molecule has 0 amide bonds. The molecule has 0 N–H and O–H groups in total. The van der Waals surface area contributed by atoms with E-state index >= 15 is 0 Å². The van der Waals surface area contributed by atoms with E-state index in [0.717, 1.165) is 22.1 Å². The molecule has 1 saturated heterocycles. The van der Waals surface area contributed by atoms with E-state index in [4.69, 9.17) is 26.7 Å². The summed E-state index contributed by atoms with van der Waals surface area (Å²) >= 11 is 5.61. The molecule has 1 aliphatic heterocycles. The second-order valence-corrected chi connectivity index (χ2v) is 6.99. The minimum atomic E-state index is -0.499. The van der Waals surface area contributed by atoms with E-state index in [9.17, 15) is 0 Å². The fraction of sp³-hybridized carbons (Fsp3) is 0.174. The molecule has 0 spiro atoms. The van der Waals surface area contributed by atoms with Crippen LogP contribution in [0.3, 0.4) is 0 Å². The van der Waals surface area contributed by atoms with Crippen molar-refractivity contribution in [1.29, 1.82) is 0 Å². The zero-order valence-electron chi connectivity index (χ0n) is 15.4. The van der Waals surface area contributed by atoms with Crippen molar-refractivity contribution >= 4 is 17.3 Å². The van der Waals surface area contributed by atoms with Gasteiger partial charge < -0.3 is 4.84 Å². The highest BCUT2D eigenvalue weighted by molar-refractivity contribution is 7.80. The third-order valence-corrected chi connectivity index (χ3v) is 5.08. The highest BCUT2D eigenvalue weighted by atomic mass is 32.1. The van der Waals surface area contributed by atoms with Crippen LogP contribution < -0.4 is 0 Å². The van der Waals surface area contributed by atoms with Gasteiger partial charge in [0, 0.05) is 6.42 Å². The van der Waals surface area contributed by atoms with Crippen molar-refractivity contribution in [2.45, 2.75) is 11.8 Å². The first-order chi connectivity index (χ1) is 13.8. The van der Waals surface area contributed by atoms with Gasteiger partial charge in [0.1, 0.15) is 18.6 Å². The molecule has 4 rings (SSSR count). The first-order valence-electron chi connectivity index (χ1n) is 9.22. The van der Waals surface area contributed by atoms with Crippen LogP contribution in [0.4, 0.5) is 0 Å². The Bertz CT molecular complexity index is 800. The number of hydrogen-bond acceptors (Lipinski definition) is 5. The second kappa shape index (κ2) is 8.63. The molecule has 0 radical (unpaired) electrons. The fourth-order valence-corrected chi connectivity index (χ4v) is 3.90. The van der Waals surface area contributed by atoms with Crippen LogP contribution in [-0.2, 0) is 19.9 Å². The molecule has 0 bridgehead atoms. The predicted octanol–water partition coefficient (Wildman–Crippen LogP) is 4.85. The Hall–Kier alpha value is -2.57. The van der Waals surface area contributed by atoms with Gasteiger partial charge in [0.15, 0.2) is 5.05 Å². The first-order valence-corrected chi connectivity index (χ1v) is 9.63. The van der Waals surface area contributed by atoms with Crippen molar-refractivity contribution in [3.63, 3.8) is 0 Å². The van der Waals surface area contributed by atoms with Crippen LogP contribution >= 0.6 is 12.2 Å². The van der Waals surface area contributed by atoms with Crippen LogP contribution in [-0.4, -0.2) is 23.7 Å². The monoisotopic (exact) mass is 391 g/mol. The van der Waals surface area contributed by atoms with Crippen molar-refractivity contribution in [2.75, 3.05) is 13.2 Å². The predicted molar refractivity (Wildman–Crippen MR) is 111 cm³/mol. The van der Waals surface area contributed by atoms with Crippen LogP contribution in [0.5, 0.6) is 0 Å². The van der Waals surface area contributed by atoms with E-state index in [2.05, 4.69) is 36.4 Å². The van der Waals surface area contributed by atoms with Gasteiger partial charge in [-0.1, -0.05) is 91.0 Å².